The third kappa shape index (κ3) is 2.73. The summed E-state index contributed by atoms with van der Waals surface area (Å²) in [6, 6.07) is 4.96. The summed E-state index contributed by atoms with van der Waals surface area (Å²) in [4.78, 5) is 27.2. The lowest BCUT2D eigenvalue weighted by atomic mass is 10.0. The van der Waals surface area contributed by atoms with E-state index in [1.165, 1.54) is 6.42 Å². The highest BCUT2D eigenvalue weighted by Gasteiger charge is 2.56. The van der Waals surface area contributed by atoms with Crippen molar-refractivity contribution in [1.82, 2.24) is 10.3 Å². The van der Waals surface area contributed by atoms with Gasteiger partial charge in [0.1, 0.15) is 6.04 Å². The Morgan fingerprint density at radius 2 is 2.08 bits per heavy atom. The van der Waals surface area contributed by atoms with E-state index < -0.39 is 12.0 Å². The van der Waals surface area contributed by atoms with Crippen molar-refractivity contribution in [3.05, 3.63) is 34.4 Å². The van der Waals surface area contributed by atoms with Crippen molar-refractivity contribution in [2.45, 2.75) is 31.7 Å². The Morgan fingerprint density at radius 1 is 1.33 bits per heavy atom. The monoisotopic (exact) mass is 390 g/mol. The quantitative estimate of drug-likeness (QED) is 0.733. The fourth-order valence-corrected chi connectivity index (χ4v) is 4.58. The van der Waals surface area contributed by atoms with Crippen LogP contribution in [0.1, 0.15) is 24.8 Å². The number of aliphatic carboxylic acids is 1. The number of carboxylic acid groups (broad SMARTS) is 1. The molecule has 2 aliphatic carbocycles. The zero-order valence-corrected chi connectivity index (χ0v) is 14.7. The van der Waals surface area contributed by atoms with Gasteiger partial charge in [0.25, 0.3) is 0 Å². The fraction of sp³-hybridized carbons (Fsp3) is 0.444. The third-order valence-electron chi connectivity index (χ3n) is 5.48. The SMILES string of the molecule is O=C(O)C(Cc1c[nH]c2ccc(Br)cc12)NC(=O)C1C2CCCC21. The number of aromatic amines is 1. The minimum absolute atomic E-state index is 0.0395. The van der Waals surface area contributed by atoms with Crippen LogP contribution in [0.3, 0.4) is 0 Å². The Labute approximate surface area is 147 Å². The van der Waals surface area contributed by atoms with Crippen molar-refractivity contribution in [3.63, 3.8) is 0 Å². The molecule has 0 radical (unpaired) electrons. The van der Waals surface area contributed by atoms with E-state index in [4.69, 9.17) is 0 Å². The van der Waals surface area contributed by atoms with E-state index in [2.05, 4.69) is 26.2 Å². The molecule has 2 saturated carbocycles. The largest absolute Gasteiger partial charge is 0.480 e. The van der Waals surface area contributed by atoms with E-state index in [9.17, 15) is 14.7 Å². The number of rotatable bonds is 5. The first kappa shape index (κ1) is 15.7. The molecule has 3 unspecified atom stereocenters. The van der Waals surface area contributed by atoms with Gasteiger partial charge >= 0.3 is 5.97 Å². The smallest absolute Gasteiger partial charge is 0.326 e. The maximum absolute atomic E-state index is 12.4. The summed E-state index contributed by atoms with van der Waals surface area (Å²) in [5, 5.41) is 13.3. The number of nitrogens with one attached hydrogen (secondary N) is 2. The molecule has 1 aromatic carbocycles. The Bertz CT molecular complexity index is 806. The normalized spacial score (nSPS) is 26.1. The zero-order valence-electron chi connectivity index (χ0n) is 13.1. The van der Waals surface area contributed by atoms with Gasteiger partial charge in [0.15, 0.2) is 0 Å². The lowest BCUT2D eigenvalue weighted by Gasteiger charge is -2.15. The Kier molecular flexibility index (Phi) is 3.87. The number of halogens is 1. The van der Waals surface area contributed by atoms with Crippen LogP contribution in [0.2, 0.25) is 0 Å². The van der Waals surface area contributed by atoms with E-state index in [-0.39, 0.29) is 18.2 Å². The van der Waals surface area contributed by atoms with Crippen LogP contribution >= 0.6 is 15.9 Å². The van der Waals surface area contributed by atoms with Crippen LogP contribution in [0.15, 0.2) is 28.9 Å². The van der Waals surface area contributed by atoms with Crippen molar-refractivity contribution in [2.24, 2.45) is 17.8 Å². The number of amides is 1. The first-order valence-electron chi connectivity index (χ1n) is 8.33. The molecule has 0 bridgehead atoms. The molecular formula is C18H19BrN2O3. The summed E-state index contributed by atoms with van der Waals surface area (Å²) >= 11 is 3.44. The van der Waals surface area contributed by atoms with Crippen LogP contribution in [0, 0.1) is 17.8 Å². The predicted octanol–water partition coefficient (Wildman–Crippen LogP) is 3.09. The standard InChI is InChI=1S/C18H19BrN2O3/c19-10-4-5-14-13(7-10)9(8-20-14)6-15(18(23)24)21-17(22)16-11-2-1-3-12(11)16/h4-5,7-8,11-12,15-16,20H,1-3,6H2,(H,21,22)(H,23,24). The topological polar surface area (TPSA) is 82.2 Å². The van der Waals surface area contributed by atoms with E-state index in [0.29, 0.717) is 11.8 Å². The molecule has 6 heteroatoms. The van der Waals surface area contributed by atoms with E-state index in [1.54, 1.807) is 0 Å². The first-order chi connectivity index (χ1) is 11.5. The number of carbonyl (C=O) groups excluding carboxylic acids is 1. The number of H-pyrrole nitrogens is 1. The van der Waals surface area contributed by atoms with Gasteiger partial charge in [0.2, 0.25) is 5.91 Å². The van der Waals surface area contributed by atoms with Crippen molar-refractivity contribution in [3.8, 4) is 0 Å². The predicted molar refractivity (Wildman–Crippen MR) is 93.6 cm³/mol. The number of carboxylic acids is 1. The average Bonchev–Trinajstić information content (AvgIpc) is 2.88. The van der Waals surface area contributed by atoms with Gasteiger partial charge in [-0.05, 0) is 48.4 Å². The number of benzene rings is 1. The molecule has 3 N–H and O–H groups in total. The van der Waals surface area contributed by atoms with Crippen molar-refractivity contribution in [1.29, 1.82) is 0 Å². The number of hydrogen-bond donors (Lipinski definition) is 3. The number of carbonyl (C=O) groups is 2. The maximum atomic E-state index is 12.4. The van der Waals surface area contributed by atoms with Crippen molar-refractivity contribution >= 4 is 38.7 Å². The van der Waals surface area contributed by atoms with E-state index in [0.717, 1.165) is 33.8 Å². The molecular weight excluding hydrogens is 372 g/mol. The summed E-state index contributed by atoms with van der Waals surface area (Å²) in [6.07, 6.45) is 5.52. The van der Waals surface area contributed by atoms with Gasteiger partial charge < -0.3 is 15.4 Å². The van der Waals surface area contributed by atoms with Gasteiger partial charge in [-0.1, -0.05) is 22.4 Å². The van der Waals surface area contributed by atoms with Gasteiger partial charge in [0.05, 0.1) is 0 Å². The van der Waals surface area contributed by atoms with Crippen LogP contribution < -0.4 is 5.32 Å². The molecule has 4 rings (SSSR count). The fourth-order valence-electron chi connectivity index (χ4n) is 4.22. The van der Waals surface area contributed by atoms with E-state index >= 15 is 0 Å². The van der Waals surface area contributed by atoms with Gasteiger partial charge in [-0.25, -0.2) is 4.79 Å². The molecule has 3 atom stereocenters. The van der Waals surface area contributed by atoms with Gasteiger partial charge in [-0.2, -0.15) is 0 Å². The number of aromatic nitrogens is 1. The summed E-state index contributed by atoms with van der Waals surface area (Å²) in [7, 11) is 0. The van der Waals surface area contributed by atoms with Gasteiger partial charge in [0, 0.05) is 33.9 Å². The molecule has 1 amide bonds. The summed E-state index contributed by atoms with van der Waals surface area (Å²) < 4.78 is 0.942. The lowest BCUT2D eigenvalue weighted by molar-refractivity contribution is -0.142. The second-order valence-corrected chi connectivity index (χ2v) is 7.81. The molecule has 2 aromatic rings. The summed E-state index contributed by atoms with van der Waals surface area (Å²) in [5.41, 5.74) is 1.86. The minimum atomic E-state index is -0.987. The molecule has 0 spiro atoms. The molecule has 2 aliphatic rings. The van der Waals surface area contributed by atoms with Gasteiger partial charge in [-0.15, -0.1) is 0 Å². The molecule has 1 aromatic heterocycles. The molecule has 24 heavy (non-hydrogen) atoms. The van der Waals surface area contributed by atoms with Crippen LogP contribution in [-0.4, -0.2) is 28.0 Å². The Hall–Kier alpha value is -1.82. The molecule has 0 aliphatic heterocycles. The lowest BCUT2D eigenvalue weighted by Crippen LogP contribution is -2.43. The van der Waals surface area contributed by atoms with Gasteiger partial charge in [-0.3, -0.25) is 4.79 Å². The Morgan fingerprint density at radius 3 is 2.79 bits per heavy atom. The van der Waals surface area contributed by atoms with Crippen LogP contribution in [-0.2, 0) is 16.0 Å². The van der Waals surface area contributed by atoms with Crippen LogP contribution in [0.4, 0.5) is 0 Å². The summed E-state index contributed by atoms with van der Waals surface area (Å²) in [5.74, 6) is -0.0543. The second kappa shape index (κ2) is 5.92. The minimum Gasteiger partial charge on any atom is -0.480 e. The zero-order chi connectivity index (χ0) is 16.8. The average molecular weight is 391 g/mol. The molecule has 5 nitrogen and oxygen atoms in total. The third-order valence-corrected chi connectivity index (χ3v) is 5.97. The summed E-state index contributed by atoms with van der Waals surface area (Å²) in [6.45, 7) is 0. The highest BCUT2D eigenvalue weighted by atomic mass is 79.9. The first-order valence-corrected chi connectivity index (χ1v) is 9.12. The Balaban J connectivity index is 1.50. The van der Waals surface area contributed by atoms with Crippen molar-refractivity contribution < 1.29 is 14.7 Å². The van der Waals surface area contributed by atoms with Crippen LogP contribution in [0.25, 0.3) is 10.9 Å². The highest BCUT2D eigenvalue weighted by molar-refractivity contribution is 9.10. The highest BCUT2D eigenvalue weighted by Crippen LogP contribution is 2.57. The van der Waals surface area contributed by atoms with Crippen LogP contribution in [0.5, 0.6) is 0 Å². The molecule has 1 heterocycles. The number of hydrogen-bond acceptors (Lipinski definition) is 2. The number of fused-ring (bicyclic) bond motifs is 2. The molecule has 126 valence electrons. The molecule has 2 fully saturated rings. The van der Waals surface area contributed by atoms with E-state index in [1.807, 2.05) is 24.4 Å². The second-order valence-electron chi connectivity index (χ2n) is 6.89. The van der Waals surface area contributed by atoms with Crippen molar-refractivity contribution in [2.75, 3.05) is 0 Å². The maximum Gasteiger partial charge on any atom is 0.326 e. The molecule has 0 saturated heterocycles.